The van der Waals surface area contributed by atoms with Crippen molar-refractivity contribution in [3.63, 3.8) is 0 Å². The zero-order valence-corrected chi connectivity index (χ0v) is 15.5. The molecule has 2 heterocycles. The van der Waals surface area contributed by atoms with E-state index in [0.29, 0.717) is 5.56 Å². The van der Waals surface area contributed by atoms with E-state index in [1.54, 1.807) is 24.3 Å². The molecule has 1 aliphatic heterocycles. The maximum absolute atomic E-state index is 12.2. The standard InChI is InChI=1S/C16H19N2O9P/c1-8-2-4-9(5-3-8)10-6-18(16(22)17-14(10)21)15-13(20)12(19)11(27-15)7-26-28(23,24)25/h2-6,11-13,15,19-20H,7H2,1H3,(H,17,21,22)(H2,23,24,25)/t11-,12-,13-,15-/m1/s1. The Bertz CT molecular complexity index is 1010. The van der Waals surface area contributed by atoms with Gasteiger partial charge in [0.25, 0.3) is 5.56 Å². The number of aliphatic hydroxyl groups excluding tert-OH is 2. The predicted octanol–water partition coefficient (Wildman–Crippen LogP) is -0.759. The Morgan fingerprint density at radius 3 is 2.43 bits per heavy atom. The van der Waals surface area contributed by atoms with Crippen LogP contribution in [0.2, 0.25) is 0 Å². The van der Waals surface area contributed by atoms with Gasteiger partial charge in [-0.2, -0.15) is 0 Å². The van der Waals surface area contributed by atoms with Gasteiger partial charge >= 0.3 is 13.5 Å². The van der Waals surface area contributed by atoms with Crippen molar-refractivity contribution < 1.29 is 33.8 Å². The van der Waals surface area contributed by atoms with E-state index >= 15 is 0 Å². The highest BCUT2D eigenvalue weighted by Crippen LogP contribution is 2.38. The summed E-state index contributed by atoms with van der Waals surface area (Å²) in [7, 11) is -4.81. The molecular weight excluding hydrogens is 395 g/mol. The van der Waals surface area contributed by atoms with Gasteiger partial charge in [-0.15, -0.1) is 0 Å². The Labute approximate surface area is 158 Å². The number of aryl methyl sites for hydroxylation is 1. The molecule has 28 heavy (non-hydrogen) atoms. The predicted molar refractivity (Wildman–Crippen MR) is 95.4 cm³/mol. The number of rotatable bonds is 5. The van der Waals surface area contributed by atoms with Crippen LogP contribution in [-0.2, 0) is 13.8 Å². The van der Waals surface area contributed by atoms with Crippen molar-refractivity contribution in [2.24, 2.45) is 0 Å². The molecule has 3 rings (SSSR count). The number of aromatic nitrogens is 2. The minimum absolute atomic E-state index is 0.139. The van der Waals surface area contributed by atoms with Crippen LogP contribution in [0.3, 0.4) is 0 Å². The molecule has 11 nitrogen and oxygen atoms in total. The fourth-order valence-electron chi connectivity index (χ4n) is 2.88. The quantitative estimate of drug-likeness (QED) is 0.394. The molecule has 1 aromatic carbocycles. The highest BCUT2D eigenvalue weighted by atomic mass is 31.2. The van der Waals surface area contributed by atoms with Crippen molar-refractivity contribution in [3.05, 3.63) is 56.9 Å². The number of hydrogen-bond donors (Lipinski definition) is 5. The maximum Gasteiger partial charge on any atom is 0.469 e. The summed E-state index contributed by atoms with van der Waals surface area (Å²) >= 11 is 0. The topological polar surface area (TPSA) is 171 Å². The number of nitrogens with one attached hydrogen (secondary N) is 1. The van der Waals surface area contributed by atoms with Crippen molar-refractivity contribution in [2.45, 2.75) is 31.5 Å². The molecule has 0 radical (unpaired) electrons. The first-order chi connectivity index (χ1) is 13.1. The van der Waals surface area contributed by atoms with Crippen molar-refractivity contribution in [1.29, 1.82) is 0 Å². The lowest BCUT2D eigenvalue weighted by molar-refractivity contribution is -0.0542. The molecule has 1 fully saturated rings. The van der Waals surface area contributed by atoms with E-state index in [0.717, 1.165) is 10.1 Å². The third-order valence-electron chi connectivity index (χ3n) is 4.35. The van der Waals surface area contributed by atoms with Crippen LogP contribution in [0.5, 0.6) is 0 Å². The van der Waals surface area contributed by atoms with Gasteiger partial charge in [0, 0.05) is 6.20 Å². The fraction of sp³-hybridized carbons (Fsp3) is 0.375. The van der Waals surface area contributed by atoms with Gasteiger partial charge < -0.3 is 24.7 Å². The van der Waals surface area contributed by atoms with Gasteiger partial charge in [0.05, 0.1) is 12.2 Å². The van der Waals surface area contributed by atoms with Crippen molar-refractivity contribution in [1.82, 2.24) is 9.55 Å². The summed E-state index contributed by atoms with van der Waals surface area (Å²) < 4.78 is 21.4. The fourth-order valence-corrected chi connectivity index (χ4v) is 3.22. The van der Waals surface area contributed by atoms with Crippen LogP contribution in [0, 0.1) is 6.92 Å². The Morgan fingerprint density at radius 1 is 1.18 bits per heavy atom. The Balaban J connectivity index is 1.93. The van der Waals surface area contributed by atoms with E-state index in [4.69, 9.17) is 14.5 Å². The molecular formula is C16H19N2O9P. The lowest BCUT2D eigenvalue weighted by Gasteiger charge is -2.18. The summed E-state index contributed by atoms with van der Waals surface area (Å²) in [6.07, 6.45) is -4.67. The van der Waals surface area contributed by atoms with Crippen LogP contribution in [0.15, 0.2) is 40.1 Å². The molecule has 1 saturated heterocycles. The number of H-pyrrole nitrogens is 1. The van der Waals surface area contributed by atoms with Crippen LogP contribution < -0.4 is 11.2 Å². The summed E-state index contributed by atoms with van der Waals surface area (Å²) in [6.45, 7) is 1.17. The van der Waals surface area contributed by atoms with Gasteiger partial charge in [0.2, 0.25) is 0 Å². The largest absolute Gasteiger partial charge is 0.469 e. The summed E-state index contributed by atoms with van der Waals surface area (Å²) in [5, 5.41) is 20.3. The van der Waals surface area contributed by atoms with E-state index in [9.17, 15) is 24.4 Å². The molecule has 0 unspecified atom stereocenters. The molecule has 152 valence electrons. The number of nitrogens with zero attached hydrogens (tertiary/aromatic N) is 1. The Hall–Kier alpha value is -2.11. The molecule has 0 saturated carbocycles. The van der Waals surface area contributed by atoms with Crippen LogP contribution in [0.4, 0.5) is 0 Å². The zero-order valence-electron chi connectivity index (χ0n) is 14.6. The second-order valence-electron chi connectivity index (χ2n) is 6.41. The van der Waals surface area contributed by atoms with E-state index in [2.05, 4.69) is 9.51 Å². The molecule has 12 heteroatoms. The lowest BCUT2D eigenvalue weighted by atomic mass is 10.1. The van der Waals surface area contributed by atoms with Gasteiger partial charge in [0.1, 0.15) is 18.3 Å². The first kappa shape index (κ1) is 20.6. The highest BCUT2D eigenvalue weighted by Gasteiger charge is 2.45. The van der Waals surface area contributed by atoms with Crippen LogP contribution >= 0.6 is 7.82 Å². The molecule has 5 N–H and O–H groups in total. The highest BCUT2D eigenvalue weighted by molar-refractivity contribution is 7.46. The zero-order chi connectivity index (χ0) is 20.6. The second kappa shape index (κ2) is 7.72. The summed E-state index contributed by atoms with van der Waals surface area (Å²) in [5.41, 5.74) is 0.113. The average Bonchev–Trinajstić information content (AvgIpc) is 2.89. The normalized spacial score (nSPS) is 25.2. The second-order valence-corrected chi connectivity index (χ2v) is 7.65. The van der Waals surface area contributed by atoms with E-state index in [-0.39, 0.29) is 5.56 Å². The molecule has 4 atom stereocenters. The van der Waals surface area contributed by atoms with Crippen molar-refractivity contribution >= 4 is 7.82 Å². The molecule has 0 amide bonds. The molecule has 0 spiro atoms. The van der Waals surface area contributed by atoms with E-state index in [1.165, 1.54) is 6.20 Å². The summed E-state index contributed by atoms with van der Waals surface area (Å²) in [6, 6.07) is 6.94. The number of phosphoric acid groups is 1. The van der Waals surface area contributed by atoms with Gasteiger partial charge in [-0.3, -0.25) is 18.9 Å². The lowest BCUT2D eigenvalue weighted by Crippen LogP contribution is -2.38. The Kier molecular flexibility index (Phi) is 5.69. The number of phosphoric ester groups is 1. The minimum Gasteiger partial charge on any atom is -0.387 e. The van der Waals surface area contributed by atoms with E-state index in [1.807, 2.05) is 6.92 Å². The first-order valence-electron chi connectivity index (χ1n) is 8.21. The number of ether oxygens (including phenoxy) is 1. The summed E-state index contributed by atoms with van der Waals surface area (Å²) in [5.74, 6) is 0. The molecule has 1 aromatic heterocycles. The minimum atomic E-state index is -4.81. The number of aliphatic hydroxyl groups is 2. The molecule has 1 aliphatic rings. The first-order valence-corrected chi connectivity index (χ1v) is 9.74. The van der Waals surface area contributed by atoms with Gasteiger partial charge in [-0.1, -0.05) is 29.8 Å². The third-order valence-corrected chi connectivity index (χ3v) is 4.83. The number of hydrogen-bond acceptors (Lipinski definition) is 7. The van der Waals surface area contributed by atoms with Crippen LogP contribution in [0.1, 0.15) is 11.8 Å². The third kappa shape index (κ3) is 4.31. The molecule has 2 aromatic rings. The van der Waals surface area contributed by atoms with E-state index < -0.39 is 50.2 Å². The van der Waals surface area contributed by atoms with Crippen molar-refractivity contribution in [2.75, 3.05) is 6.61 Å². The van der Waals surface area contributed by atoms with Gasteiger partial charge in [-0.25, -0.2) is 9.36 Å². The Morgan fingerprint density at radius 2 is 1.82 bits per heavy atom. The monoisotopic (exact) mass is 414 g/mol. The van der Waals surface area contributed by atoms with Gasteiger partial charge in [0.15, 0.2) is 6.23 Å². The van der Waals surface area contributed by atoms with Crippen molar-refractivity contribution in [3.8, 4) is 11.1 Å². The number of aromatic amines is 1. The van der Waals surface area contributed by atoms with Crippen LogP contribution in [0.25, 0.3) is 11.1 Å². The SMILES string of the molecule is Cc1ccc(-c2cn([C@@H]3O[C@H](COP(=O)(O)O)[C@@H](O)[C@H]3O)c(=O)[nH]c2=O)cc1. The number of benzene rings is 1. The molecule has 0 aliphatic carbocycles. The van der Waals surface area contributed by atoms with Crippen LogP contribution in [-0.4, -0.2) is 54.5 Å². The smallest absolute Gasteiger partial charge is 0.387 e. The molecule has 0 bridgehead atoms. The summed E-state index contributed by atoms with van der Waals surface area (Å²) in [4.78, 5) is 44.1. The average molecular weight is 414 g/mol. The van der Waals surface area contributed by atoms with Gasteiger partial charge in [-0.05, 0) is 12.5 Å². The maximum atomic E-state index is 12.2.